The lowest BCUT2D eigenvalue weighted by molar-refractivity contribution is -0.274. The summed E-state index contributed by atoms with van der Waals surface area (Å²) in [6.07, 6.45) is -1.90. The fourth-order valence-corrected chi connectivity index (χ4v) is 4.01. The zero-order valence-corrected chi connectivity index (χ0v) is 19.8. The summed E-state index contributed by atoms with van der Waals surface area (Å²) in [7, 11) is 0. The van der Waals surface area contributed by atoms with Crippen LogP contribution in [-0.2, 0) is 17.8 Å². The van der Waals surface area contributed by atoms with Gasteiger partial charge in [0.2, 0.25) is 11.8 Å². The molecule has 2 amide bonds. The Hall–Kier alpha value is -3.86. The molecule has 2 N–H and O–H groups in total. The molecule has 2 aromatic carbocycles. The molecule has 0 atom stereocenters. The van der Waals surface area contributed by atoms with Crippen molar-refractivity contribution in [1.29, 1.82) is 0 Å². The first-order chi connectivity index (χ1) is 17.7. The van der Waals surface area contributed by atoms with Gasteiger partial charge in [-0.2, -0.15) is 0 Å². The van der Waals surface area contributed by atoms with Crippen LogP contribution < -0.4 is 10.1 Å². The molecule has 1 fully saturated rings. The lowest BCUT2D eigenvalue weighted by Gasteiger charge is -2.30. The van der Waals surface area contributed by atoms with Crippen LogP contribution in [0.5, 0.6) is 5.75 Å². The fourth-order valence-electron chi connectivity index (χ4n) is 4.01. The van der Waals surface area contributed by atoms with Crippen molar-refractivity contribution in [3.63, 3.8) is 0 Å². The van der Waals surface area contributed by atoms with Gasteiger partial charge in [0.05, 0.1) is 6.42 Å². The summed E-state index contributed by atoms with van der Waals surface area (Å²) in [6.45, 7) is 1.54. The largest absolute Gasteiger partial charge is 0.573 e. The van der Waals surface area contributed by atoms with Gasteiger partial charge in [-0.15, -0.1) is 13.2 Å². The third kappa shape index (κ3) is 7.32. The molecule has 0 unspecified atom stereocenters. The van der Waals surface area contributed by atoms with Crippen LogP contribution in [0.3, 0.4) is 0 Å². The Morgan fingerprint density at radius 2 is 1.70 bits per heavy atom. The van der Waals surface area contributed by atoms with Gasteiger partial charge in [0.1, 0.15) is 12.0 Å². The zero-order valence-electron chi connectivity index (χ0n) is 19.8. The number of amides is 2. The van der Waals surface area contributed by atoms with E-state index < -0.39 is 6.36 Å². The predicted octanol–water partition coefficient (Wildman–Crippen LogP) is 3.94. The first-order valence-corrected chi connectivity index (χ1v) is 11.8. The summed E-state index contributed by atoms with van der Waals surface area (Å²) in [4.78, 5) is 31.0. The number of oxazole rings is 1. The van der Waals surface area contributed by atoms with Crippen molar-refractivity contribution in [3.05, 3.63) is 71.6 Å². The van der Waals surface area contributed by atoms with E-state index in [0.29, 0.717) is 30.1 Å². The van der Waals surface area contributed by atoms with Gasteiger partial charge >= 0.3 is 6.36 Å². The SMILES string of the molecule is O=C(Cc1ccc(OC(F)(F)F)cc1)NCc1ccc(-c2nc(C(=O)N3CCC(CO)CC3)co2)cc1. The van der Waals surface area contributed by atoms with Crippen molar-refractivity contribution in [3.8, 4) is 17.2 Å². The number of piperidine rings is 1. The fraction of sp³-hybridized carbons (Fsp3) is 0.346. The van der Waals surface area contributed by atoms with Gasteiger partial charge in [-0.3, -0.25) is 9.59 Å². The monoisotopic (exact) mass is 517 g/mol. The first kappa shape index (κ1) is 26.2. The van der Waals surface area contributed by atoms with Crippen molar-refractivity contribution in [2.75, 3.05) is 19.7 Å². The lowest BCUT2D eigenvalue weighted by Crippen LogP contribution is -2.39. The number of aliphatic hydroxyl groups is 1. The third-order valence-corrected chi connectivity index (χ3v) is 6.10. The summed E-state index contributed by atoms with van der Waals surface area (Å²) < 4.78 is 46.1. The highest BCUT2D eigenvalue weighted by atomic mass is 19.4. The minimum atomic E-state index is -4.76. The van der Waals surface area contributed by atoms with Crippen molar-refractivity contribution in [2.24, 2.45) is 5.92 Å². The van der Waals surface area contributed by atoms with Crippen LogP contribution in [-0.4, -0.2) is 52.9 Å². The molecule has 2 heterocycles. The number of nitrogens with one attached hydrogen (secondary N) is 1. The number of rotatable bonds is 8. The Kier molecular flexibility index (Phi) is 8.12. The molecule has 196 valence electrons. The molecule has 0 bridgehead atoms. The molecule has 0 saturated carbocycles. The number of ether oxygens (including phenoxy) is 1. The van der Waals surface area contributed by atoms with Crippen LogP contribution in [0.4, 0.5) is 13.2 Å². The second kappa shape index (κ2) is 11.5. The van der Waals surface area contributed by atoms with Gasteiger partial charge in [-0.05, 0) is 54.2 Å². The molecule has 1 aliphatic rings. The van der Waals surface area contributed by atoms with Crippen molar-refractivity contribution in [1.82, 2.24) is 15.2 Å². The van der Waals surface area contributed by atoms with E-state index in [4.69, 9.17) is 4.42 Å². The number of likely N-dealkylation sites (tertiary alicyclic amines) is 1. The van der Waals surface area contributed by atoms with E-state index in [-0.39, 0.29) is 48.7 Å². The maximum absolute atomic E-state index is 12.7. The van der Waals surface area contributed by atoms with E-state index >= 15 is 0 Å². The van der Waals surface area contributed by atoms with Crippen LogP contribution in [0.2, 0.25) is 0 Å². The van der Waals surface area contributed by atoms with Gasteiger partial charge in [-0.25, -0.2) is 4.98 Å². The predicted molar refractivity (Wildman–Crippen MR) is 126 cm³/mol. The quantitative estimate of drug-likeness (QED) is 0.469. The summed E-state index contributed by atoms with van der Waals surface area (Å²) >= 11 is 0. The van der Waals surface area contributed by atoms with Crippen LogP contribution in [0, 0.1) is 5.92 Å². The van der Waals surface area contributed by atoms with Gasteiger partial charge in [0.15, 0.2) is 5.69 Å². The van der Waals surface area contributed by atoms with Crippen LogP contribution in [0.25, 0.3) is 11.5 Å². The van der Waals surface area contributed by atoms with E-state index in [9.17, 15) is 27.9 Å². The zero-order chi connectivity index (χ0) is 26.4. The highest BCUT2D eigenvalue weighted by Crippen LogP contribution is 2.24. The molecule has 1 aliphatic heterocycles. The average molecular weight is 518 g/mol. The van der Waals surface area contributed by atoms with Crippen molar-refractivity contribution in [2.45, 2.75) is 32.2 Å². The number of alkyl halides is 3. The number of aliphatic hydroxyl groups excluding tert-OH is 1. The maximum atomic E-state index is 12.7. The number of carbonyl (C=O) groups is 2. The molecular formula is C26H26F3N3O5. The second-order valence-electron chi connectivity index (χ2n) is 8.80. The minimum Gasteiger partial charge on any atom is -0.444 e. The number of carbonyl (C=O) groups excluding carboxylic acids is 2. The number of hydrogen-bond donors (Lipinski definition) is 2. The van der Waals surface area contributed by atoms with Crippen LogP contribution in [0.15, 0.2) is 59.2 Å². The average Bonchev–Trinajstić information content (AvgIpc) is 3.38. The van der Waals surface area contributed by atoms with Crippen LogP contribution in [0.1, 0.15) is 34.5 Å². The Bertz CT molecular complexity index is 1200. The van der Waals surface area contributed by atoms with Gasteiger partial charge in [-0.1, -0.05) is 24.3 Å². The highest BCUT2D eigenvalue weighted by Gasteiger charge is 2.31. The molecule has 1 aromatic heterocycles. The van der Waals surface area contributed by atoms with Crippen molar-refractivity contribution < 1.29 is 37.0 Å². The molecule has 4 rings (SSSR count). The maximum Gasteiger partial charge on any atom is 0.573 e. The summed E-state index contributed by atoms with van der Waals surface area (Å²) in [5.41, 5.74) is 2.27. The van der Waals surface area contributed by atoms with Crippen LogP contribution >= 0.6 is 0 Å². The number of benzene rings is 2. The first-order valence-electron chi connectivity index (χ1n) is 11.8. The molecule has 11 heteroatoms. The highest BCUT2D eigenvalue weighted by molar-refractivity contribution is 5.92. The molecule has 8 nitrogen and oxygen atoms in total. The number of nitrogens with zero attached hydrogens (tertiary/aromatic N) is 2. The Morgan fingerprint density at radius 3 is 2.32 bits per heavy atom. The molecule has 37 heavy (non-hydrogen) atoms. The molecule has 0 spiro atoms. The molecule has 0 aliphatic carbocycles. The second-order valence-corrected chi connectivity index (χ2v) is 8.80. The Morgan fingerprint density at radius 1 is 1.05 bits per heavy atom. The summed E-state index contributed by atoms with van der Waals surface area (Å²) in [5, 5.41) is 12.0. The van der Waals surface area contributed by atoms with Gasteiger partial charge in [0, 0.05) is 31.8 Å². The van der Waals surface area contributed by atoms with E-state index in [1.807, 2.05) is 0 Å². The molecule has 1 saturated heterocycles. The topological polar surface area (TPSA) is 105 Å². The van der Waals surface area contributed by atoms with E-state index in [1.54, 1.807) is 29.2 Å². The Labute approximate surface area is 211 Å². The minimum absolute atomic E-state index is 0.00910. The van der Waals surface area contributed by atoms with Gasteiger partial charge in [0.25, 0.3) is 5.91 Å². The van der Waals surface area contributed by atoms with E-state index in [2.05, 4.69) is 15.0 Å². The molecule has 3 aromatic rings. The van der Waals surface area contributed by atoms with Gasteiger partial charge < -0.3 is 24.5 Å². The normalized spacial score (nSPS) is 14.4. The molecular weight excluding hydrogens is 491 g/mol. The third-order valence-electron chi connectivity index (χ3n) is 6.10. The van der Waals surface area contributed by atoms with E-state index in [1.165, 1.54) is 18.4 Å². The smallest absolute Gasteiger partial charge is 0.444 e. The standard InChI is InChI=1S/C26H26F3N3O5/c27-26(28,29)37-21-7-3-17(4-8-21)13-23(34)30-14-18-1-5-20(6-2-18)24-31-22(16-36-24)25(35)32-11-9-19(15-33)10-12-32/h1-8,16,19,33H,9-15H2,(H,30,34). The van der Waals surface area contributed by atoms with E-state index in [0.717, 1.165) is 30.5 Å². The summed E-state index contributed by atoms with van der Waals surface area (Å²) in [5.74, 6) is -0.293. The number of hydrogen-bond acceptors (Lipinski definition) is 6. The number of halogens is 3. The number of aromatic nitrogens is 1. The Balaban J connectivity index is 1.26. The molecule has 0 radical (unpaired) electrons. The lowest BCUT2D eigenvalue weighted by atomic mass is 9.98. The van der Waals surface area contributed by atoms with Crippen molar-refractivity contribution >= 4 is 11.8 Å². The summed E-state index contributed by atoms with van der Waals surface area (Å²) in [6, 6.07) is 12.3.